The second-order valence-electron chi connectivity index (χ2n) is 6.16. The minimum Gasteiger partial charge on any atom is -0.395 e. The van der Waals surface area contributed by atoms with Crippen LogP contribution in [0.4, 0.5) is 0 Å². The number of benzene rings is 1. The van der Waals surface area contributed by atoms with E-state index < -0.39 is 5.41 Å². The molecule has 18 heavy (non-hydrogen) atoms. The molecule has 0 bridgehead atoms. The molecule has 0 saturated carbocycles. The number of halogens is 1. The Kier molecular flexibility index (Phi) is 5.38. The van der Waals surface area contributed by atoms with Crippen LogP contribution < -0.4 is 0 Å². The minimum absolute atomic E-state index is 0.0266. The Morgan fingerprint density at radius 1 is 0.944 bits per heavy atom. The largest absolute Gasteiger partial charge is 0.395 e. The summed E-state index contributed by atoms with van der Waals surface area (Å²) in [5.41, 5.74) is 0.666. The zero-order chi connectivity index (χ0) is 13.8. The van der Waals surface area contributed by atoms with Gasteiger partial charge in [0.05, 0.1) is 13.2 Å². The number of aliphatic hydroxyl groups is 2. The fraction of sp³-hybridized carbons (Fsp3) is 0.600. The van der Waals surface area contributed by atoms with Gasteiger partial charge in [-0.05, 0) is 36.0 Å². The van der Waals surface area contributed by atoms with Crippen molar-refractivity contribution in [2.75, 3.05) is 13.2 Å². The Morgan fingerprint density at radius 2 is 1.44 bits per heavy atom. The predicted octanol–water partition coefficient (Wildman–Crippen LogP) is 3.50. The first-order valence-electron chi connectivity index (χ1n) is 6.31. The Balaban J connectivity index is 2.95. The second kappa shape index (κ2) is 6.18. The lowest BCUT2D eigenvalue weighted by atomic mass is 9.74. The van der Waals surface area contributed by atoms with Gasteiger partial charge < -0.3 is 10.2 Å². The van der Waals surface area contributed by atoms with Crippen LogP contribution in [0, 0.1) is 5.41 Å². The Labute approximate surface area is 118 Å². The lowest BCUT2D eigenvalue weighted by Gasteiger charge is -2.33. The third-order valence-electron chi connectivity index (χ3n) is 3.42. The van der Waals surface area contributed by atoms with Gasteiger partial charge in [-0.1, -0.05) is 48.8 Å². The normalized spacial score (nSPS) is 12.8. The van der Waals surface area contributed by atoms with Crippen molar-refractivity contribution in [3.8, 4) is 0 Å². The maximum atomic E-state index is 9.72. The van der Waals surface area contributed by atoms with E-state index in [2.05, 4.69) is 36.7 Å². The van der Waals surface area contributed by atoms with E-state index in [1.54, 1.807) is 0 Å². The molecule has 2 nitrogen and oxygen atoms in total. The fourth-order valence-electron chi connectivity index (χ4n) is 1.95. The third-order valence-corrected chi connectivity index (χ3v) is 3.94. The molecule has 0 spiro atoms. The first-order chi connectivity index (χ1) is 8.33. The van der Waals surface area contributed by atoms with E-state index in [4.69, 9.17) is 0 Å². The van der Waals surface area contributed by atoms with Crippen LogP contribution in [0.2, 0.25) is 0 Å². The molecule has 0 aromatic heterocycles. The smallest absolute Gasteiger partial charge is 0.0550 e. The van der Waals surface area contributed by atoms with Gasteiger partial charge in [0.15, 0.2) is 0 Å². The summed E-state index contributed by atoms with van der Waals surface area (Å²) in [6.45, 7) is 6.47. The first-order valence-corrected chi connectivity index (χ1v) is 7.10. The molecule has 3 heteroatoms. The van der Waals surface area contributed by atoms with Gasteiger partial charge in [-0.25, -0.2) is 0 Å². The minimum atomic E-state index is -0.534. The molecule has 0 fully saturated rings. The zero-order valence-corrected chi connectivity index (χ0v) is 13.0. The number of hydrogen-bond donors (Lipinski definition) is 2. The van der Waals surface area contributed by atoms with Crippen molar-refractivity contribution < 1.29 is 10.2 Å². The summed E-state index contributed by atoms with van der Waals surface area (Å²) in [6, 6.07) is 7.84. The molecule has 0 radical (unpaired) electrons. The highest BCUT2D eigenvalue weighted by Crippen LogP contribution is 2.34. The molecule has 0 amide bonds. The van der Waals surface area contributed by atoms with Crippen molar-refractivity contribution in [3.63, 3.8) is 0 Å². The molecule has 0 unspecified atom stereocenters. The lowest BCUT2D eigenvalue weighted by Crippen LogP contribution is -2.36. The molecule has 0 atom stereocenters. The van der Waals surface area contributed by atoms with Crippen LogP contribution in [0.15, 0.2) is 28.7 Å². The van der Waals surface area contributed by atoms with E-state index in [1.807, 2.05) is 24.3 Å². The Hall–Kier alpha value is -0.380. The average molecular weight is 315 g/mol. The van der Waals surface area contributed by atoms with Gasteiger partial charge in [0.2, 0.25) is 0 Å². The van der Waals surface area contributed by atoms with Crippen LogP contribution >= 0.6 is 15.9 Å². The topological polar surface area (TPSA) is 40.5 Å². The van der Waals surface area contributed by atoms with E-state index >= 15 is 0 Å². The molecule has 1 rings (SSSR count). The van der Waals surface area contributed by atoms with Crippen molar-refractivity contribution in [3.05, 3.63) is 34.3 Å². The van der Waals surface area contributed by atoms with Crippen LogP contribution in [0.3, 0.4) is 0 Å². The molecule has 0 aliphatic carbocycles. The fourth-order valence-corrected chi connectivity index (χ4v) is 2.22. The number of aliphatic hydroxyl groups excluding tert-OH is 2. The van der Waals surface area contributed by atoms with Crippen molar-refractivity contribution in [2.45, 2.75) is 39.0 Å². The molecular weight excluding hydrogens is 292 g/mol. The monoisotopic (exact) mass is 314 g/mol. The SMILES string of the molecule is CC(C)(C)CCC(CO)(CO)c1ccc(Br)cc1. The van der Waals surface area contributed by atoms with Gasteiger partial charge in [-0.2, -0.15) is 0 Å². The van der Waals surface area contributed by atoms with Gasteiger partial charge in [-0.3, -0.25) is 0 Å². The Bertz CT molecular complexity index is 361. The summed E-state index contributed by atoms with van der Waals surface area (Å²) in [4.78, 5) is 0. The van der Waals surface area contributed by atoms with E-state index in [-0.39, 0.29) is 18.6 Å². The van der Waals surface area contributed by atoms with E-state index in [1.165, 1.54) is 0 Å². The van der Waals surface area contributed by atoms with Crippen molar-refractivity contribution in [2.24, 2.45) is 5.41 Å². The third kappa shape index (κ3) is 4.08. The maximum Gasteiger partial charge on any atom is 0.0550 e. The van der Waals surface area contributed by atoms with E-state index in [0.29, 0.717) is 0 Å². The van der Waals surface area contributed by atoms with Crippen molar-refractivity contribution >= 4 is 15.9 Å². The van der Waals surface area contributed by atoms with Crippen molar-refractivity contribution in [1.29, 1.82) is 0 Å². The standard InChI is InChI=1S/C15H23BrO2/c1-14(2,3)8-9-15(10-17,11-18)12-4-6-13(16)7-5-12/h4-7,17-18H,8-11H2,1-3H3. The molecular formula is C15H23BrO2. The summed E-state index contributed by atoms with van der Waals surface area (Å²) in [6.07, 6.45) is 1.75. The van der Waals surface area contributed by atoms with Crippen LogP contribution in [0.25, 0.3) is 0 Å². The zero-order valence-electron chi connectivity index (χ0n) is 11.4. The van der Waals surface area contributed by atoms with Crippen LogP contribution in [-0.4, -0.2) is 23.4 Å². The highest BCUT2D eigenvalue weighted by atomic mass is 79.9. The molecule has 0 aliphatic rings. The summed E-state index contributed by atoms with van der Waals surface area (Å²) in [5, 5.41) is 19.4. The van der Waals surface area contributed by atoms with Gasteiger partial charge in [0, 0.05) is 9.89 Å². The molecule has 102 valence electrons. The molecule has 1 aromatic carbocycles. The van der Waals surface area contributed by atoms with Crippen LogP contribution in [0.5, 0.6) is 0 Å². The van der Waals surface area contributed by atoms with Gasteiger partial charge in [-0.15, -0.1) is 0 Å². The van der Waals surface area contributed by atoms with E-state index in [9.17, 15) is 10.2 Å². The maximum absolute atomic E-state index is 9.72. The summed E-state index contributed by atoms with van der Waals surface area (Å²) in [7, 11) is 0. The molecule has 1 aromatic rings. The van der Waals surface area contributed by atoms with Gasteiger partial charge in [0.1, 0.15) is 0 Å². The lowest BCUT2D eigenvalue weighted by molar-refractivity contribution is 0.0987. The summed E-state index contributed by atoms with van der Waals surface area (Å²) < 4.78 is 1.01. The molecule has 2 N–H and O–H groups in total. The molecule has 0 heterocycles. The molecule has 0 aliphatic heterocycles. The predicted molar refractivity (Wildman–Crippen MR) is 78.7 cm³/mol. The highest BCUT2D eigenvalue weighted by Gasteiger charge is 2.32. The van der Waals surface area contributed by atoms with Crippen molar-refractivity contribution in [1.82, 2.24) is 0 Å². The second-order valence-corrected chi connectivity index (χ2v) is 7.08. The quantitative estimate of drug-likeness (QED) is 0.873. The molecule has 0 saturated heterocycles. The van der Waals surface area contributed by atoms with Crippen LogP contribution in [0.1, 0.15) is 39.2 Å². The van der Waals surface area contributed by atoms with Gasteiger partial charge in [0.25, 0.3) is 0 Å². The highest BCUT2D eigenvalue weighted by molar-refractivity contribution is 9.10. The number of rotatable bonds is 5. The number of hydrogen-bond acceptors (Lipinski definition) is 2. The van der Waals surface area contributed by atoms with Crippen LogP contribution in [-0.2, 0) is 5.41 Å². The average Bonchev–Trinajstić information content (AvgIpc) is 2.32. The summed E-state index contributed by atoms with van der Waals surface area (Å²) >= 11 is 3.40. The Morgan fingerprint density at radius 3 is 1.83 bits per heavy atom. The first kappa shape index (κ1) is 15.7. The van der Waals surface area contributed by atoms with E-state index in [0.717, 1.165) is 22.9 Å². The van der Waals surface area contributed by atoms with Gasteiger partial charge >= 0.3 is 0 Å². The summed E-state index contributed by atoms with van der Waals surface area (Å²) in [5.74, 6) is 0.